The second-order valence-corrected chi connectivity index (χ2v) is 7.49. The smallest absolute Gasteiger partial charge is 0.311 e. The SMILES string of the molecule is Nc1ccccc1.O=[N+]([O-])c1ccc(Cl)nc1Cl.O=[N+]([O-])c1ccc(Cl)nc1Nc1ccccc1. The van der Waals surface area contributed by atoms with Crippen molar-refractivity contribution >= 4 is 63.4 Å². The Hall–Kier alpha value is -3.99. The molecule has 35 heavy (non-hydrogen) atoms. The molecule has 0 fully saturated rings. The van der Waals surface area contributed by atoms with Crippen LogP contribution in [0.1, 0.15) is 0 Å². The molecule has 0 spiro atoms. The van der Waals surface area contributed by atoms with Gasteiger partial charge in [-0.3, -0.25) is 20.2 Å². The van der Waals surface area contributed by atoms with Gasteiger partial charge in [0.25, 0.3) is 0 Å². The van der Waals surface area contributed by atoms with E-state index in [-0.39, 0.29) is 32.7 Å². The zero-order valence-electron chi connectivity index (χ0n) is 17.7. The maximum atomic E-state index is 10.8. The van der Waals surface area contributed by atoms with E-state index in [0.29, 0.717) is 5.69 Å². The van der Waals surface area contributed by atoms with Gasteiger partial charge in [-0.25, -0.2) is 9.97 Å². The summed E-state index contributed by atoms with van der Waals surface area (Å²) in [6.07, 6.45) is 0. The first-order valence-electron chi connectivity index (χ1n) is 9.57. The lowest BCUT2D eigenvalue weighted by atomic mass is 10.3. The Morgan fingerprint density at radius 1 is 0.686 bits per heavy atom. The van der Waals surface area contributed by atoms with Crippen LogP contribution in [0.15, 0.2) is 84.9 Å². The summed E-state index contributed by atoms with van der Waals surface area (Å²) in [7, 11) is 0. The molecule has 2 aromatic carbocycles. The van der Waals surface area contributed by atoms with E-state index < -0.39 is 9.85 Å². The Labute approximate surface area is 214 Å². The van der Waals surface area contributed by atoms with Crippen molar-refractivity contribution in [2.24, 2.45) is 0 Å². The summed E-state index contributed by atoms with van der Waals surface area (Å²) in [4.78, 5) is 27.2. The molecule has 4 rings (SSSR count). The number of aromatic nitrogens is 2. The number of benzene rings is 2. The van der Waals surface area contributed by atoms with Gasteiger partial charge in [-0.1, -0.05) is 71.2 Å². The van der Waals surface area contributed by atoms with E-state index in [4.69, 9.17) is 40.5 Å². The summed E-state index contributed by atoms with van der Waals surface area (Å²) >= 11 is 16.5. The fourth-order valence-electron chi connectivity index (χ4n) is 2.32. The Kier molecular flexibility index (Phi) is 10.6. The first-order valence-corrected chi connectivity index (χ1v) is 10.7. The highest BCUT2D eigenvalue weighted by molar-refractivity contribution is 6.33. The van der Waals surface area contributed by atoms with Crippen molar-refractivity contribution in [2.75, 3.05) is 11.1 Å². The Morgan fingerprint density at radius 2 is 1.17 bits per heavy atom. The van der Waals surface area contributed by atoms with Crippen LogP contribution in [-0.4, -0.2) is 19.8 Å². The van der Waals surface area contributed by atoms with Gasteiger partial charge in [0.1, 0.15) is 10.3 Å². The van der Waals surface area contributed by atoms with Crippen LogP contribution in [0.3, 0.4) is 0 Å². The lowest BCUT2D eigenvalue weighted by Gasteiger charge is -2.05. The number of nitrogens with zero attached hydrogens (tertiary/aromatic N) is 4. The molecule has 0 aliphatic heterocycles. The molecule has 2 aromatic heterocycles. The quantitative estimate of drug-likeness (QED) is 0.123. The van der Waals surface area contributed by atoms with Crippen molar-refractivity contribution in [1.82, 2.24) is 9.97 Å². The van der Waals surface area contributed by atoms with Crippen molar-refractivity contribution in [1.29, 1.82) is 0 Å². The van der Waals surface area contributed by atoms with Gasteiger partial charge in [-0.05, 0) is 36.4 Å². The van der Waals surface area contributed by atoms with E-state index in [1.165, 1.54) is 24.3 Å². The first-order chi connectivity index (χ1) is 16.7. The van der Waals surface area contributed by atoms with Crippen LogP contribution in [0.2, 0.25) is 15.5 Å². The number of pyridine rings is 2. The number of nitrogens with one attached hydrogen (secondary N) is 1. The minimum atomic E-state index is -0.619. The first kappa shape index (κ1) is 27.3. The van der Waals surface area contributed by atoms with E-state index in [1.54, 1.807) is 12.1 Å². The average Bonchev–Trinajstić information content (AvgIpc) is 2.81. The number of hydrogen-bond acceptors (Lipinski definition) is 8. The number of halogens is 3. The molecule has 0 bridgehead atoms. The zero-order chi connectivity index (χ0) is 25.8. The van der Waals surface area contributed by atoms with Crippen LogP contribution in [0.5, 0.6) is 0 Å². The topological polar surface area (TPSA) is 150 Å². The van der Waals surface area contributed by atoms with Gasteiger partial charge >= 0.3 is 11.4 Å². The molecule has 0 atom stereocenters. The van der Waals surface area contributed by atoms with Gasteiger partial charge in [0, 0.05) is 23.5 Å². The van der Waals surface area contributed by atoms with Crippen LogP contribution in [0.4, 0.5) is 28.6 Å². The molecule has 0 saturated carbocycles. The minimum Gasteiger partial charge on any atom is -0.399 e. The maximum Gasteiger partial charge on any atom is 0.311 e. The number of nitro groups is 2. The molecule has 0 saturated heterocycles. The summed E-state index contributed by atoms with van der Waals surface area (Å²) in [5, 5.41) is 24.0. The highest BCUT2D eigenvalue weighted by Crippen LogP contribution is 2.27. The van der Waals surface area contributed by atoms with Crippen LogP contribution >= 0.6 is 34.8 Å². The number of para-hydroxylation sites is 2. The molecular weight excluding hydrogens is 519 g/mol. The standard InChI is InChI=1S/C11H8ClN3O2.C6H7N.C5H2Cl2N2O2/c12-10-7-6-9(15(16)17)11(14-10)13-8-4-2-1-3-5-8;7-6-4-2-1-3-5-6;6-4-2-1-3(9(10)11)5(7)8-4/h1-7H,(H,13,14);1-5H,7H2;1-2H. The molecule has 2 heterocycles. The van der Waals surface area contributed by atoms with Crippen LogP contribution in [-0.2, 0) is 0 Å². The Balaban J connectivity index is 0.000000205. The maximum absolute atomic E-state index is 10.8. The third-order valence-electron chi connectivity index (χ3n) is 3.86. The van der Waals surface area contributed by atoms with Gasteiger partial charge in [0.05, 0.1) is 9.85 Å². The number of rotatable bonds is 4. The summed E-state index contributed by atoms with van der Waals surface area (Å²) in [6.45, 7) is 0. The molecule has 4 aromatic rings. The molecule has 0 aliphatic rings. The zero-order valence-corrected chi connectivity index (χ0v) is 20.0. The van der Waals surface area contributed by atoms with Crippen molar-refractivity contribution in [3.8, 4) is 0 Å². The molecule has 180 valence electrons. The normalized spacial score (nSPS) is 9.57. The number of nitrogen functional groups attached to an aromatic ring is 1. The summed E-state index contributed by atoms with van der Waals surface area (Å²) in [5.41, 5.74) is 6.54. The largest absolute Gasteiger partial charge is 0.399 e. The van der Waals surface area contributed by atoms with Gasteiger partial charge < -0.3 is 11.1 Å². The van der Waals surface area contributed by atoms with Crippen LogP contribution in [0, 0.1) is 20.2 Å². The molecule has 0 radical (unpaired) electrons. The van der Waals surface area contributed by atoms with Crippen molar-refractivity contribution < 1.29 is 9.85 Å². The van der Waals surface area contributed by atoms with E-state index in [0.717, 1.165) is 5.69 Å². The molecule has 13 heteroatoms. The van der Waals surface area contributed by atoms with E-state index in [2.05, 4.69) is 15.3 Å². The predicted octanol–water partition coefficient (Wildman–Crippen LogP) is 6.95. The van der Waals surface area contributed by atoms with Crippen LogP contribution in [0.25, 0.3) is 0 Å². The monoisotopic (exact) mass is 534 g/mol. The predicted molar refractivity (Wildman–Crippen MR) is 137 cm³/mol. The Bertz CT molecular complexity index is 1280. The molecule has 3 N–H and O–H groups in total. The molecule has 10 nitrogen and oxygen atoms in total. The third-order valence-corrected chi connectivity index (χ3v) is 4.56. The molecule has 0 aliphatic carbocycles. The lowest BCUT2D eigenvalue weighted by Crippen LogP contribution is -1.99. The van der Waals surface area contributed by atoms with Crippen molar-refractivity contribution in [3.63, 3.8) is 0 Å². The van der Waals surface area contributed by atoms with Gasteiger partial charge in [0.2, 0.25) is 11.0 Å². The minimum absolute atomic E-state index is 0.113. The highest BCUT2D eigenvalue weighted by Gasteiger charge is 2.15. The van der Waals surface area contributed by atoms with E-state index >= 15 is 0 Å². The average molecular weight is 536 g/mol. The van der Waals surface area contributed by atoms with Crippen molar-refractivity contribution in [2.45, 2.75) is 0 Å². The second-order valence-electron chi connectivity index (χ2n) is 6.36. The summed E-state index contributed by atoms with van der Waals surface area (Å²) < 4.78 is 0. The number of anilines is 3. The second kappa shape index (κ2) is 13.7. The van der Waals surface area contributed by atoms with Gasteiger partial charge in [0.15, 0.2) is 0 Å². The number of nitrogens with two attached hydrogens (primary N) is 1. The number of hydrogen-bond donors (Lipinski definition) is 2. The third kappa shape index (κ3) is 9.41. The lowest BCUT2D eigenvalue weighted by molar-refractivity contribution is -0.385. The molecule has 0 unspecified atom stereocenters. The fraction of sp³-hybridized carbons (Fsp3) is 0. The summed E-state index contributed by atoms with van der Waals surface area (Å²) in [6, 6.07) is 23.8. The van der Waals surface area contributed by atoms with Gasteiger partial charge in [-0.2, -0.15) is 0 Å². The van der Waals surface area contributed by atoms with E-state index in [1.807, 2.05) is 48.5 Å². The van der Waals surface area contributed by atoms with E-state index in [9.17, 15) is 20.2 Å². The highest BCUT2D eigenvalue weighted by atomic mass is 35.5. The van der Waals surface area contributed by atoms with Crippen LogP contribution < -0.4 is 11.1 Å². The van der Waals surface area contributed by atoms with Gasteiger partial charge in [-0.15, -0.1) is 0 Å². The molecule has 0 amide bonds. The molecular formula is C22H17Cl3N6O4. The Morgan fingerprint density at radius 3 is 1.63 bits per heavy atom. The summed E-state index contributed by atoms with van der Waals surface area (Å²) in [5.74, 6) is 0.133. The fourth-order valence-corrected chi connectivity index (χ4v) is 2.88. The van der Waals surface area contributed by atoms with Crippen molar-refractivity contribution in [3.05, 3.63) is 121 Å².